The Kier molecular flexibility index (Phi) is 2.50. The molecule has 0 radical (unpaired) electrons. The average Bonchev–Trinajstić information content (AvgIpc) is 2.23. The molecule has 1 aromatic rings. The van der Waals surface area contributed by atoms with Crippen molar-refractivity contribution in [3.63, 3.8) is 0 Å². The Balaban J connectivity index is 2.11. The zero-order valence-electron chi connectivity index (χ0n) is 7.94. The van der Waals surface area contributed by atoms with Gasteiger partial charge in [-0.15, -0.1) is 0 Å². The van der Waals surface area contributed by atoms with Gasteiger partial charge in [0.2, 0.25) is 5.91 Å². The molecule has 1 aliphatic heterocycles. The Morgan fingerprint density at radius 2 is 1.93 bits per heavy atom. The number of nitrogens with two attached hydrogens (primary N) is 1. The first-order chi connectivity index (χ1) is 6.77. The van der Waals surface area contributed by atoms with Crippen molar-refractivity contribution in [2.24, 2.45) is 5.73 Å². The quantitative estimate of drug-likeness (QED) is 0.693. The summed E-state index contributed by atoms with van der Waals surface area (Å²) < 4.78 is 0. The highest BCUT2D eigenvalue weighted by molar-refractivity contribution is 5.82. The molecule has 3 N–H and O–H groups in total. The molecule has 0 aromatic heterocycles. The molecule has 2 atom stereocenters. The number of hydrogen-bond donors (Lipinski definition) is 2. The lowest BCUT2D eigenvalue weighted by molar-refractivity contribution is -0.124. The third kappa shape index (κ3) is 1.77. The summed E-state index contributed by atoms with van der Waals surface area (Å²) in [7, 11) is 0. The molecule has 0 saturated carbocycles. The maximum absolute atomic E-state index is 11.3. The number of benzene rings is 1. The fourth-order valence-electron chi connectivity index (χ4n) is 1.76. The van der Waals surface area contributed by atoms with Gasteiger partial charge in [0.05, 0.1) is 12.1 Å². The van der Waals surface area contributed by atoms with Crippen LogP contribution in [-0.2, 0) is 4.79 Å². The highest BCUT2D eigenvalue weighted by Crippen LogP contribution is 2.22. The second-order valence-corrected chi connectivity index (χ2v) is 3.66. The lowest BCUT2D eigenvalue weighted by Gasteiger charge is -2.27. The van der Waals surface area contributed by atoms with Crippen molar-refractivity contribution in [3.8, 4) is 0 Å². The minimum Gasteiger partial charge on any atom is -0.348 e. The number of carbonyl (C=O) groups is 1. The van der Waals surface area contributed by atoms with Gasteiger partial charge >= 0.3 is 0 Å². The summed E-state index contributed by atoms with van der Waals surface area (Å²) in [6.07, 6.45) is 1.70. The fraction of sp³-hybridized carbons (Fsp3) is 0.364. The third-order valence-electron chi connectivity index (χ3n) is 2.62. The van der Waals surface area contributed by atoms with Crippen molar-refractivity contribution in [2.45, 2.75) is 24.9 Å². The molecule has 1 saturated heterocycles. The van der Waals surface area contributed by atoms with Crippen LogP contribution in [0, 0.1) is 0 Å². The molecule has 74 valence electrons. The van der Waals surface area contributed by atoms with E-state index < -0.39 is 0 Å². The Bertz CT molecular complexity index is 323. The van der Waals surface area contributed by atoms with E-state index in [0.717, 1.165) is 18.4 Å². The van der Waals surface area contributed by atoms with Crippen LogP contribution >= 0.6 is 0 Å². The number of piperidine rings is 1. The maximum Gasteiger partial charge on any atom is 0.237 e. The number of hydrogen-bond acceptors (Lipinski definition) is 2. The predicted octanol–water partition coefficient (Wildman–Crippen LogP) is 0.965. The van der Waals surface area contributed by atoms with E-state index in [4.69, 9.17) is 5.73 Å². The normalized spacial score (nSPS) is 27.1. The summed E-state index contributed by atoms with van der Waals surface area (Å²) in [6, 6.07) is 9.81. The lowest BCUT2D eigenvalue weighted by atomic mass is 9.95. The zero-order valence-corrected chi connectivity index (χ0v) is 7.94. The highest BCUT2D eigenvalue weighted by atomic mass is 16.2. The molecule has 14 heavy (non-hydrogen) atoms. The summed E-state index contributed by atoms with van der Waals surface area (Å²) in [5.41, 5.74) is 6.77. The van der Waals surface area contributed by atoms with Crippen molar-refractivity contribution < 1.29 is 4.79 Å². The van der Waals surface area contributed by atoms with Gasteiger partial charge in [-0.2, -0.15) is 0 Å². The molecule has 1 fully saturated rings. The van der Waals surface area contributed by atoms with E-state index in [9.17, 15) is 4.79 Å². The van der Waals surface area contributed by atoms with Crippen LogP contribution in [0.5, 0.6) is 0 Å². The highest BCUT2D eigenvalue weighted by Gasteiger charge is 2.25. The topological polar surface area (TPSA) is 55.1 Å². The fourth-order valence-corrected chi connectivity index (χ4v) is 1.76. The van der Waals surface area contributed by atoms with Gasteiger partial charge in [-0.25, -0.2) is 0 Å². The minimum atomic E-state index is -0.324. The van der Waals surface area contributed by atoms with Crippen LogP contribution in [0.25, 0.3) is 0 Å². The average molecular weight is 190 g/mol. The summed E-state index contributed by atoms with van der Waals surface area (Å²) >= 11 is 0. The van der Waals surface area contributed by atoms with E-state index in [-0.39, 0.29) is 18.0 Å². The van der Waals surface area contributed by atoms with Gasteiger partial charge in [0.1, 0.15) is 0 Å². The van der Waals surface area contributed by atoms with Crippen molar-refractivity contribution >= 4 is 5.91 Å². The van der Waals surface area contributed by atoms with E-state index in [1.165, 1.54) is 0 Å². The minimum absolute atomic E-state index is 0.0369. The summed E-state index contributed by atoms with van der Waals surface area (Å²) in [5, 5.41) is 2.92. The Morgan fingerprint density at radius 3 is 2.57 bits per heavy atom. The molecule has 1 aliphatic rings. The van der Waals surface area contributed by atoms with Crippen LogP contribution in [0.3, 0.4) is 0 Å². The lowest BCUT2D eigenvalue weighted by Crippen LogP contribution is -2.46. The predicted molar refractivity (Wildman–Crippen MR) is 54.5 cm³/mol. The molecule has 0 unspecified atom stereocenters. The first kappa shape index (κ1) is 9.21. The van der Waals surface area contributed by atoms with Crippen molar-refractivity contribution in [3.05, 3.63) is 35.9 Å². The standard InChI is InChI=1S/C11H14N2O/c12-9-6-7-10(13-11(9)14)8-4-2-1-3-5-8/h1-5,9-10H,6-7,12H2,(H,13,14)/t9-,10+/m1/s1. The monoisotopic (exact) mass is 190 g/mol. The number of amides is 1. The van der Waals surface area contributed by atoms with Gasteiger partial charge in [0, 0.05) is 0 Å². The van der Waals surface area contributed by atoms with E-state index in [0.29, 0.717) is 0 Å². The summed E-state index contributed by atoms with van der Waals surface area (Å²) in [4.78, 5) is 11.3. The van der Waals surface area contributed by atoms with Gasteiger partial charge in [0.15, 0.2) is 0 Å². The van der Waals surface area contributed by atoms with Crippen LogP contribution in [0.1, 0.15) is 24.4 Å². The van der Waals surface area contributed by atoms with Gasteiger partial charge in [0.25, 0.3) is 0 Å². The molecule has 3 heteroatoms. The molecule has 2 rings (SSSR count). The van der Waals surface area contributed by atoms with Gasteiger partial charge < -0.3 is 11.1 Å². The maximum atomic E-state index is 11.3. The van der Waals surface area contributed by atoms with Gasteiger partial charge in [-0.1, -0.05) is 30.3 Å². The van der Waals surface area contributed by atoms with E-state index in [1.54, 1.807) is 0 Å². The number of carbonyl (C=O) groups excluding carboxylic acids is 1. The molecule has 1 aromatic carbocycles. The largest absolute Gasteiger partial charge is 0.348 e. The van der Waals surface area contributed by atoms with Crippen LogP contribution in [0.2, 0.25) is 0 Å². The molecular weight excluding hydrogens is 176 g/mol. The molecule has 0 spiro atoms. The van der Waals surface area contributed by atoms with E-state index in [1.807, 2.05) is 30.3 Å². The van der Waals surface area contributed by atoms with Crippen LogP contribution in [0.4, 0.5) is 0 Å². The summed E-state index contributed by atoms with van der Waals surface area (Å²) in [6.45, 7) is 0. The molecule has 3 nitrogen and oxygen atoms in total. The van der Waals surface area contributed by atoms with Crippen LogP contribution < -0.4 is 11.1 Å². The Labute approximate surface area is 83.3 Å². The van der Waals surface area contributed by atoms with Gasteiger partial charge in [-0.3, -0.25) is 4.79 Å². The molecule has 0 aliphatic carbocycles. The van der Waals surface area contributed by atoms with Gasteiger partial charge in [-0.05, 0) is 18.4 Å². The second-order valence-electron chi connectivity index (χ2n) is 3.66. The molecule has 1 amide bonds. The van der Waals surface area contributed by atoms with E-state index in [2.05, 4.69) is 5.32 Å². The SMILES string of the molecule is N[C@@H]1CC[C@@H](c2ccccc2)NC1=O. The summed E-state index contributed by atoms with van der Waals surface area (Å²) in [5.74, 6) is -0.0369. The zero-order chi connectivity index (χ0) is 9.97. The van der Waals surface area contributed by atoms with Crippen molar-refractivity contribution in [1.82, 2.24) is 5.32 Å². The van der Waals surface area contributed by atoms with Crippen LogP contribution in [-0.4, -0.2) is 11.9 Å². The Hall–Kier alpha value is -1.35. The first-order valence-electron chi connectivity index (χ1n) is 4.88. The smallest absolute Gasteiger partial charge is 0.237 e. The van der Waals surface area contributed by atoms with Crippen LogP contribution in [0.15, 0.2) is 30.3 Å². The number of rotatable bonds is 1. The molecule has 1 heterocycles. The molecule has 0 bridgehead atoms. The second kappa shape index (κ2) is 3.80. The van der Waals surface area contributed by atoms with E-state index >= 15 is 0 Å². The van der Waals surface area contributed by atoms with Crippen molar-refractivity contribution in [2.75, 3.05) is 0 Å². The first-order valence-corrected chi connectivity index (χ1v) is 4.88. The Morgan fingerprint density at radius 1 is 1.21 bits per heavy atom. The number of nitrogens with one attached hydrogen (secondary N) is 1. The van der Waals surface area contributed by atoms with Crippen molar-refractivity contribution in [1.29, 1.82) is 0 Å². The third-order valence-corrected chi connectivity index (χ3v) is 2.62. The molecular formula is C11H14N2O.